The Morgan fingerprint density at radius 2 is 1.85 bits per heavy atom. The molecule has 20 heavy (non-hydrogen) atoms. The lowest BCUT2D eigenvalue weighted by Gasteiger charge is -2.22. The second-order valence-corrected chi connectivity index (χ2v) is 11.0. The lowest BCUT2D eigenvalue weighted by atomic mass is 10.2. The molecule has 1 saturated heterocycles. The minimum Gasteiger partial charge on any atom is -0.543 e. The van der Waals surface area contributed by atoms with Crippen molar-refractivity contribution in [1.82, 2.24) is 4.90 Å². The van der Waals surface area contributed by atoms with E-state index in [1.165, 1.54) is 18.4 Å². The first-order valence-electron chi connectivity index (χ1n) is 7.45. The molecule has 0 spiro atoms. The van der Waals surface area contributed by atoms with E-state index in [4.69, 9.17) is 9.42 Å². The van der Waals surface area contributed by atoms with E-state index in [0.29, 0.717) is 0 Å². The monoisotopic (exact) mass is 290 g/mol. The summed E-state index contributed by atoms with van der Waals surface area (Å²) in [7, 11) is -1.62. The Balaban J connectivity index is 2.28. The molecule has 0 aromatic heterocycles. The molecule has 0 unspecified atom stereocenters. The number of amidine groups is 1. The van der Waals surface area contributed by atoms with Crippen LogP contribution < -0.4 is 4.43 Å². The van der Waals surface area contributed by atoms with Crippen LogP contribution in [0.4, 0.5) is 5.69 Å². The van der Waals surface area contributed by atoms with Gasteiger partial charge in [-0.05, 0) is 64.0 Å². The topological polar surface area (TPSA) is 24.8 Å². The third-order valence-corrected chi connectivity index (χ3v) is 4.21. The van der Waals surface area contributed by atoms with Crippen molar-refractivity contribution >= 4 is 19.8 Å². The maximum Gasteiger partial charge on any atom is 0.242 e. The first-order valence-corrected chi connectivity index (χ1v) is 10.9. The zero-order valence-corrected chi connectivity index (χ0v) is 14.4. The summed E-state index contributed by atoms with van der Waals surface area (Å²) in [4.78, 5) is 7.17. The van der Waals surface area contributed by atoms with Gasteiger partial charge in [0.25, 0.3) is 0 Å². The normalized spacial score (nSPS) is 16.6. The lowest BCUT2D eigenvalue weighted by molar-refractivity contribution is 0.515. The van der Waals surface area contributed by atoms with Crippen LogP contribution in [0, 0.1) is 6.92 Å². The van der Waals surface area contributed by atoms with Crippen molar-refractivity contribution in [1.29, 1.82) is 0 Å². The van der Waals surface area contributed by atoms with E-state index in [9.17, 15) is 0 Å². The smallest absolute Gasteiger partial charge is 0.242 e. The van der Waals surface area contributed by atoms with Gasteiger partial charge in [-0.1, -0.05) is 6.07 Å². The van der Waals surface area contributed by atoms with Crippen molar-refractivity contribution in [3.63, 3.8) is 0 Å². The maximum absolute atomic E-state index is 6.19. The molecular weight excluding hydrogens is 264 g/mol. The number of rotatable bonds is 3. The molecule has 0 atom stereocenters. The molecule has 2 rings (SSSR count). The number of hydrogen-bond donors (Lipinski definition) is 0. The van der Waals surface area contributed by atoms with Gasteiger partial charge in [-0.15, -0.1) is 0 Å². The average molecular weight is 290 g/mol. The zero-order chi connectivity index (χ0) is 14.8. The summed E-state index contributed by atoms with van der Waals surface area (Å²) in [6, 6.07) is 6.28. The van der Waals surface area contributed by atoms with E-state index in [1.807, 2.05) is 0 Å². The van der Waals surface area contributed by atoms with E-state index >= 15 is 0 Å². The van der Waals surface area contributed by atoms with Gasteiger partial charge in [0.2, 0.25) is 8.32 Å². The van der Waals surface area contributed by atoms with Crippen LogP contribution in [0.2, 0.25) is 19.6 Å². The molecule has 1 aromatic rings. The molecule has 4 heteroatoms. The lowest BCUT2D eigenvalue weighted by Crippen LogP contribution is -2.29. The zero-order valence-electron chi connectivity index (χ0n) is 13.4. The summed E-state index contributed by atoms with van der Waals surface area (Å²) < 4.78 is 6.19. The number of aliphatic imine (C=N–C) groups is 1. The maximum atomic E-state index is 6.19. The Bertz CT molecular complexity index is 500. The van der Waals surface area contributed by atoms with Crippen LogP contribution in [0.1, 0.15) is 25.3 Å². The summed E-state index contributed by atoms with van der Waals surface area (Å²) in [5.41, 5.74) is 2.18. The second-order valence-electron chi connectivity index (χ2n) is 6.54. The molecule has 3 nitrogen and oxygen atoms in total. The predicted molar refractivity (Wildman–Crippen MR) is 88.7 cm³/mol. The molecule has 1 aliphatic rings. The standard InChI is InChI=1S/C16H26N2OSi/c1-13-8-9-15(16(12-13)19-20(3,4)5)17-14(2)18-10-6-7-11-18/h8-9,12H,6-7,10-11H2,1-5H3. The van der Waals surface area contributed by atoms with Gasteiger partial charge in [0, 0.05) is 13.1 Å². The number of likely N-dealkylation sites (tertiary alicyclic amines) is 1. The first kappa shape index (κ1) is 15.1. The molecule has 0 aliphatic carbocycles. The Morgan fingerprint density at radius 1 is 1.20 bits per heavy atom. The quantitative estimate of drug-likeness (QED) is 0.469. The van der Waals surface area contributed by atoms with Crippen LogP contribution in [0.5, 0.6) is 5.75 Å². The fraction of sp³-hybridized carbons (Fsp3) is 0.562. The summed E-state index contributed by atoms with van der Waals surface area (Å²) >= 11 is 0. The van der Waals surface area contributed by atoms with Gasteiger partial charge in [-0.25, -0.2) is 4.99 Å². The van der Waals surface area contributed by atoms with Gasteiger partial charge in [0.05, 0.1) is 0 Å². The summed E-state index contributed by atoms with van der Waals surface area (Å²) in [5.74, 6) is 2.04. The molecule has 0 saturated carbocycles. The van der Waals surface area contributed by atoms with Crippen LogP contribution in [-0.4, -0.2) is 32.1 Å². The van der Waals surface area contributed by atoms with Gasteiger partial charge in [-0.2, -0.15) is 0 Å². The van der Waals surface area contributed by atoms with Gasteiger partial charge < -0.3 is 9.33 Å². The van der Waals surface area contributed by atoms with E-state index in [1.54, 1.807) is 0 Å². The Kier molecular flexibility index (Phi) is 4.53. The summed E-state index contributed by atoms with van der Waals surface area (Å²) in [6.45, 7) is 13.1. The van der Waals surface area contributed by atoms with Crippen molar-refractivity contribution in [2.45, 2.75) is 46.3 Å². The Labute approximate surface area is 123 Å². The molecule has 0 bridgehead atoms. The second kappa shape index (κ2) is 6.00. The van der Waals surface area contributed by atoms with E-state index in [-0.39, 0.29) is 0 Å². The van der Waals surface area contributed by atoms with Gasteiger partial charge in [-0.3, -0.25) is 0 Å². The van der Waals surface area contributed by atoms with E-state index < -0.39 is 8.32 Å². The number of hydrogen-bond acceptors (Lipinski definition) is 2. The van der Waals surface area contributed by atoms with Crippen molar-refractivity contribution in [3.05, 3.63) is 23.8 Å². The van der Waals surface area contributed by atoms with E-state index in [0.717, 1.165) is 30.4 Å². The molecule has 0 amide bonds. The molecule has 110 valence electrons. The van der Waals surface area contributed by atoms with Gasteiger partial charge in [0.15, 0.2) is 0 Å². The summed E-state index contributed by atoms with van der Waals surface area (Å²) in [6.07, 6.45) is 2.55. The largest absolute Gasteiger partial charge is 0.543 e. The van der Waals surface area contributed by atoms with Gasteiger partial charge >= 0.3 is 0 Å². The first-order chi connectivity index (χ1) is 9.35. The third kappa shape index (κ3) is 4.10. The molecule has 0 radical (unpaired) electrons. The van der Waals surface area contributed by atoms with Crippen molar-refractivity contribution < 1.29 is 4.43 Å². The highest BCUT2D eigenvalue weighted by atomic mass is 28.4. The molecule has 1 heterocycles. The SMILES string of the molecule is CC(=Nc1ccc(C)cc1O[Si](C)(C)C)N1CCCC1. The van der Waals surface area contributed by atoms with Gasteiger partial charge in [0.1, 0.15) is 17.3 Å². The third-order valence-electron chi connectivity index (χ3n) is 3.38. The number of nitrogens with zero attached hydrogens (tertiary/aromatic N) is 2. The van der Waals surface area contributed by atoms with Crippen LogP contribution in [-0.2, 0) is 0 Å². The van der Waals surface area contributed by atoms with Crippen molar-refractivity contribution in [2.75, 3.05) is 13.1 Å². The Hall–Kier alpha value is -1.29. The fourth-order valence-corrected chi connectivity index (χ4v) is 3.23. The highest BCUT2D eigenvalue weighted by molar-refractivity contribution is 6.70. The summed E-state index contributed by atoms with van der Waals surface area (Å²) in [5, 5.41) is 0. The number of aryl methyl sites for hydroxylation is 1. The molecular formula is C16H26N2OSi. The van der Waals surface area contributed by atoms with Crippen molar-refractivity contribution in [2.24, 2.45) is 4.99 Å². The number of benzene rings is 1. The molecule has 1 fully saturated rings. The average Bonchev–Trinajstić information content (AvgIpc) is 2.84. The highest BCUT2D eigenvalue weighted by Gasteiger charge is 2.19. The molecule has 0 N–H and O–H groups in total. The van der Waals surface area contributed by atoms with Crippen LogP contribution in [0.15, 0.2) is 23.2 Å². The minimum absolute atomic E-state index is 0.933. The highest BCUT2D eigenvalue weighted by Crippen LogP contribution is 2.31. The fourth-order valence-electron chi connectivity index (χ4n) is 2.41. The van der Waals surface area contributed by atoms with Crippen LogP contribution in [0.25, 0.3) is 0 Å². The predicted octanol–water partition coefficient (Wildman–Crippen LogP) is 4.35. The van der Waals surface area contributed by atoms with E-state index in [2.05, 4.69) is 56.6 Å². The van der Waals surface area contributed by atoms with Crippen molar-refractivity contribution in [3.8, 4) is 5.75 Å². The Morgan fingerprint density at radius 3 is 2.45 bits per heavy atom. The molecule has 1 aromatic carbocycles. The molecule has 1 aliphatic heterocycles. The van der Waals surface area contributed by atoms with Crippen LogP contribution in [0.3, 0.4) is 0 Å². The minimum atomic E-state index is -1.62. The van der Waals surface area contributed by atoms with Crippen LogP contribution >= 0.6 is 0 Å².